The zero-order valence-electron chi connectivity index (χ0n) is 13.7. The number of hydrogen-bond donors (Lipinski definition) is 0. The minimum Gasteiger partial charge on any atom is -0.449 e. The number of nitrogens with zero attached hydrogens (tertiary/aromatic N) is 1. The summed E-state index contributed by atoms with van der Waals surface area (Å²) < 4.78 is 5.42. The van der Waals surface area contributed by atoms with Gasteiger partial charge in [0.05, 0.1) is 6.61 Å². The van der Waals surface area contributed by atoms with Crippen molar-refractivity contribution < 1.29 is 9.53 Å². The standard InChI is InChI=1S/C17H31NO2/c1-14(2)15(3)13-17(4,5)9-12-20-16(19)18-10-7-6-8-11-18/h14H,3,6-13H2,1-2,4-5H3. The SMILES string of the molecule is C=C(CC(C)(C)CCOC(=O)N1CCCCC1)C(C)C. The molecule has 1 amide bonds. The van der Waals surface area contributed by atoms with Gasteiger partial charge in [0.25, 0.3) is 0 Å². The predicted octanol–water partition coefficient (Wildman–Crippen LogP) is 4.63. The Balaban J connectivity index is 2.27. The van der Waals surface area contributed by atoms with Crippen LogP contribution in [0, 0.1) is 11.3 Å². The van der Waals surface area contributed by atoms with E-state index in [1.807, 2.05) is 4.90 Å². The lowest BCUT2D eigenvalue weighted by atomic mass is 9.80. The smallest absolute Gasteiger partial charge is 0.409 e. The van der Waals surface area contributed by atoms with E-state index in [1.165, 1.54) is 12.0 Å². The molecular weight excluding hydrogens is 250 g/mol. The van der Waals surface area contributed by atoms with Crippen molar-refractivity contribution in [1.82, 2.24) is 4.90 Å². The van der Waals surface area contributed by atoms with E-state index in [-0.39, 0.29) is 11.5 Å². The van der Waals surface area contributed by atoms with Crippen LogP contribution in [0.3, 0.4) is 0 Å². The Labute approximate surface area is 124 Å². The van der Waals surface area contributed by atoms with Gasteiger partial charge in [0.1, 0.15) is 0 Å². The van der Waals surface area contributed by atoms with E-state index in [9.17, 15) is 4.79 Å². The predicted molar refractivity (Wildman–Crippen MR) is 83.8 cm³/mol. The first-order valence-electron chi connectivity index (χ1n) is 7.91. The Morgan fingerprint density at radius 2 is 1.85 bits per heavy atom. The molecule has 0 spiro atoms. The Morgan fingerprint density at radius 3 is 2.40 bits per heavy atom. The van der Waals surface area contributed by atoms with Crippen molar-refractivity contribution in [2.24, 2.45) is 11.3 Å². The number of carbonyl (C=O) groups is 1. The summed E-state index contributed by atoms with van der Waals surface area (Å²) in [7, 11) is 0. The highest BCUT2D eigenvalue weighted by Gasteiger charge is 2.22. The Hall–Kier alpha value is -0.990. The zero-order chi connectivity index (χ0) is 15.2. The first kappa shape index (κ1) is 17.1. The van der Waals surface area contributed by atoms with Gasteiger partial charge in [-0.05, 0) is 43.4 Å². The van der Waals surface area contributed by atoms with Crippen molar-refractivity contribution in [2.75, 3.05) is 19.7 Å². The van der Waals surface area contributed by atoms with Crippen LogP contribution >= 0.6 is 0 Å². The van der Waals surface area contributed by atoms with E-state index >= 15 is 0 Å². The van der Waals surface area contributed by atoms with E-state index in [1.54, 1.807) is 0 Å². The largest absolute Gasteiger partial charge is 0.449 e. The highest BCUT2D eigenvalue weighted by molar-refractivity contribution is 5.67. The maximum absolute atomic E-state index is 11.9. The topological polar surface area (TPSA) is 29.5 Å². The van der Waals surface area contributed by atoms with Gasteiger partial charge in [-0.1, -0.05) is 39.8 Å². The maximum Gasteiger partial charge on any atom is 0.409 e. The van der Waals surface area contributed by atoms with Gasteiger partial charge in [-0.2, -0.15) is 0 Å². The number of ether oxygens (including phenoxy) is 1. The van der Waals surface area contributed by atoms with Crippen LogP contribution in [0.15, 0.2) is 12.2 Å². The van der Waals surface area contributed by atoms with E-state index in [2.05, 4.69) is 34.3 Å². The minimum atomic E-state index is -0.136. The fraction of sp³-hybridized carbons (Fsp3) is 0.824. The van der Waals surface area contributed by atoms with E-state index < -0.39 is 0 Å². The third-order valence-corrected chi connectivity index (χ3v) is 4.14. The van der Waals surface area contributed by atoms with Crippen LogP contribution in [-0.4, -0.2) is 30.7 Å². The van der Waals surface area contributed by atoms with Gasteiger partial charge in [0, 0.05) is 13.1 Å². The van der Waals surface area contributed by atoms with Crippen molar-refractivity contribution in [2.45, 2.75) is 59.8 Å². The molecule has 0 atom stereocenters. The first-order valence-corrected chi connectivity index (χ1v) is 7.91. The van der Waals surface area contributed by atoms with Crippen molar-refractivity contribution in [3.63, 3.8) is 0 Å². The number of amides is 1. The number of carbonyl (C=O) groups excluding carboxylic acids is 1. The zero-order valence-corrected chi connectivity index (χ0v) is 13.7. The first-order chi connectivity index (χ1) is 9.32. The summed E-state index contributed by atoms with van der Waals surface area (Å²) in [6, 6.07) is 0. The van der Waals surface area contributed by atoms with Crippen molar-refractivity contribution in [3.05, 3.63) is 12.2 Å². The van der Waals surface area contributed by atoms with Crippen LogP contribution in [-0.2, 0) is 4.74 Å². The molecule has 0 aliphatic carbocycles. The molecule has 1 rings (SSSR count). The molecule has 1 aliphatic rings. The maximum atomic E-state index is 11.9. The summed E-state index contributed by atoms with van der Waals surface area (Å²) in [6.45, 7) is 15.1. The lowest BCUT2D eigenvalue weighted by molar-refractivity contribution is 0.0838. The molecule has 20 heavy (non-hydrogen) atoms. The molecule has 0 aromatic carbocycles. The molecule has 0 aromatic rings. The molecule has 0 unspecified atom stereocenters. The number of allylic oxidation sites excluding steroid dienone is 1. The molecule has 1 heterocycles. The quantitative estimate of drug-likeness (QED) is 0.664. The molecule has 0 bridgehead atoms. The molecule has 1 saturated heterocycles. The lowest BCUT2D eigenvalue weighted by Crippen LogP contribution is -2.36. The normalized spacial score (nSPS) is 16.4. The monoisotopic (exact) mass is 281 g/mol. The second kappa shape index (κ2) is 7.70. The van der Waals surface area contributed by atoms with Gasteiger partial charge in [-0.15, -0.1) is 0 Å². The van der Waals surface area contributed by atoms with Gasteiger partial charge >= 0.3 is 6.09 Å². The number of piperidine rings is 1. The summed E-state index contributed by atoms with van der Waals surface area (Å²) in [5.41, 5.74) is 1.42. The fourth-order valence-corrected chi connectivity index (χ4v) is 2.49. The Morgan fingerprint density at radius 1 is 1.25 bits per heavy atom. The highest BCUT2D eigenvalue weighted by atomic mass is 16.6. The van der Waals surface area contributed by atoms with Crippen LogP contribution in [0.25, 0.3) is 0 Å². The summed E-state index contributed by atoms with van der Waals surface area (Å²) in [6.07, 6.45) is 5.19. The number of rotatable bonds is 6. The molecule has 0 aromatic heterocycles. The average Bonchev–Trinajstić information content (AvgIpc) is 2.38. The molecule has 1 fully saturated rings. The third-order valence-electron chi connectivity index (χ3n) is 4.14. The summed E-state index contributed by atoms with van der Waals surface area (Å²) in [5, 5.41) is 0. The van der Waals surface area contributed by atoms with Crippen LogP contribution < -0.4 is 0 Å². The highest BCUT2D eigenvalue weighted by Crippen LogP contribution is 2.31. The van der Waals surface area contributed by atoms with E-state index in [4.69, 9.17) is 4.74 Å². The van der Waals surface area contributed by atoms with Gasteiger partial charge in [-0.3, -0.25) is 0 Å². The van der Waals surface area contributed by atoms with Crippen molar-refractivity contribution >= 4 is 6.09 Å². The van der Waals surface area contributed by atoms with Crippen LogP contribution in [0.2, 0.25) is 0 Å². The van der Waals surface area contributed by atoms with E-state index in [0.717, 1.165) is 38.8 Å². The fourth-order valence-electron chi connectivity index (χ4n) is 2.49. The van der Waals surface area contributed by atoms with Crippen molar-refractivity contribution in [1.29, 1.82) is 0 Å². The molecule has 0 saturated carbocycles. The van der Waals surface area contributed by atoms with Crippen LogP contribution in [0.4, 0.5) is 4.79 Å². The molecule has 3 heteroatoms. The summed E-state index contributed by atoms with van der Waals surface area (Å²) in [4.78, 5) is 13.7. The van der Waals surface area contributed by atoms with Crippen LogP contribution in [0.1, 0.15) is 59.8 Å². The Kier molecular flexibility index (Phi) is 6.57. The second-order valence-electron chi connectivity index (χ2n) is 7.07. The van der Waals surface area contributed by atoms with E-state index in [0.29, 0.717) is 12.5 Å². The van der Waals surface area contributed by atoms with Gasteiger partial charge in [-0.25, -0.2) is 4.79 Å². The molecule has 116 valence electrons. The number of likely N-dealkylation sites (tertiary alicyclic amines) is 1. The molecule has 0 N–H and O–H groups in total. The lowest BCUT2D eigenvalue weighted by Gasteiger charge is -2.29. The van der Waals surface area contributed by atoms with Crippen molar-refractivity contribution in [3.8, 4) is 0 Å². The van der Waals surface area contributed by atoms with Gasteiger partial charge in [0.15, 0.2) is 0 Å². The van der Waals surface area contributed by atoms with Gasteiger partial charge in [0.2, 0.25) is 0 Å². The Bertz CT molecular complexity index is 328. The van der Waals surface area contributed by atoms with Gasteiger partial charge < -0.3 is 9.64 Å². The van der Waals surface area contributed by atoms with Crippen LogP contribution in [0.5, 0.6) is 0 Å². The molecule has 0 radical (unpaired) electrons. The third kappa shape index (κ3) is 5.98. The summed E-state index contributed by atoms with van der Waals surface area (Å²) in [5.74, 6) is 0.519. The summed E-state index contributed by atoms with van der Waals surface area (Å²) >= 11 is 0. The molecular formula is C17H31NO2. The molecule has 1 aliphatic heterocycles. The number of hydrogen-bond acceptors (Lipinski definition) is 2. The average molecular weight is 281 g/mol. The second-order valence-corrected chi connectivity index (χ2v) is 7.07. The molecule has 3 nitrogen and oxygen atoms in total. The minimum absolute atomic E-state index is 0.136.